The second-order valence-corrected chi connectivity index (χ2v) is 15.1. The van der Waals surface area contributed by atoms with Crippen LogP contribution in [0.2, 0.25) is 0 Å². The molecule has 9 nitrogen and oxygen atoms in total. The van der Waals surface area contributed by atoms with E-state index in [1.165, 1.54) is 10.4 Å². The molecule has 1 aliphatic rings. The molecule has 0 aromatic carbocycles. The van der Waals surface area contributed by atoms with E-state index in [4.69, 9.17) is 0 Å². The van der Waals surface area contributed by atoms with Crippen LogP contribution in [0.5, 0.6) is 0 Å². The number of piperazine rings is 1. The maximum atomic E-state index is 12.7. The number of hydrogen-bond acceptors (Lipinski definition) is 6. The van der Waals surface area contributed by atoms with Gasteiger partial charge in [-0.3, -0.25) is 4.79 Å². The fourth-order valence-electron chi connectivity index (χ4n) is 4.14. The van der Waals surface area contributed by atoms with Crippen LogP contribution in [0, 0.1) is 11.3 Å². The van der Waals surface area contributed by atoms with Crippen molar-refractivity contribution in [2.24, 2.45) is 0 Å². The molecule has 3 aromatic heterocycles. The van der Waals surface area contributed by atoms with E-state index in [2.05, 4.69) is 57.8 Å². The molecule has 1 saturated heterocycles. The fraction of sp³-hybridized carbons (Fsp3) is 0.381. The molecule has 0 radical (unpaired) electrons. The summed E-state index contributed by atoms with van der Waals surface area (Å²) in [5, 5.41) is 10.00. The number of nitrogens with zero attached hydrogens (tertiary/aromatic N) is 4. The van der Waals surface area contributed by atoms with Gasteiger partial charge in [-0.05, 0) is 43.2 Å². The van der Waals surface area contributed by atoms with Gasteiger partial charge >= 0.3 is 0 Å². The average molecular weight is 598 g/mol. The molecule has 0 aliphatic carbocycles. The number of rotatable bonds is 5. The van der Waals surface area contributed by atoms with Crippen LogP contribution in [0.4, 0.5) is 5.82 Å². The van der Waals surface area contributed by atoms with Gasteiger partial charge in [0.15, 0.2) is 0 Å². The first-order valence-electron chi connectivity index (χ1n) is 10.4. The van der Waals surface area contributed by atoms with Gasteiger partial charge in [0.2, 0.25) is 15.6 Å². The molecule has 4 rings (SSSR count). The number of pyridine rings is 2. The Labute approximate surface area is 208 Å². The standard InChI is InChI=1S/C21H24IN6O3PS/c1-3-33(30,31)27-6-7-28(17(12-27)21(2,22)32)18-8-13(9-19(29)26-18)15-4-5-24-20-16(15)10-14(11-23)25-20/h4-5,8-10,17H,3,6-7,12,32H2,1-2H3,(H,24,25)(H,26,29). The Kier molecular flexibility index (Phi) is 6.57. The third-order valence-electron chi connectivity index (χ3n) is 5.86. The van der Waals surface area contributed by atoms with Crippen molar-refractivity contribution in [3.05, 3.63) is 46.5 Å². The summed E-state index contributed by atoms with van der Waals surface area (Å²) in [5.74, 6) is 0.683. The van der Waals surface area contributed by atoms with Crippen molar-refractivity contribution in [1.82, 2.24) is 19.3 Å². The highest BCUT2D eigenvalue weighted by Gasteiger charge is 2.40. The zero-order valence-electron chi connectivity index (χ0n) is 18.2. The first-order valence-corrected chi connectivity index (χ1v) is 13.6. The predicted octanol–water partition coefficient (Wildman–Crippen LogP) is 2.66. The molecule has 3 unspecified atom stereocenters. The van der Waals surface area contributed by atoms with E-state index in [1.54, 1.807) is 19.2 Å². The van der Waals surface area contributed by atoms with Crippen molar-refractivity contribution in [2.45, 2.75) is 23.1 Å². The zero-order chi connectivity index (χ0) is 24.0. The minimum Gasteiger partial charge on any atom is -0.351 e. The Balaban J connectivity index is 1.79. The van der Waals surface area contributed by atoms with Gasteiger partial charge < -0.3 is 14.9 Å². The monoisotopic (exact) mass is 598 g/mol. The number of anilines is 1. The van der Waals surface area contributed by atoms with Crippen LogP contribution in [0.3, 0.4) is 0 Å². The van der Waals surface area contributed by atoms with Crippen LogP contribution in [-0.2, 0) is 10.0 Å². The third kappa shape index (κ3) is 4.80. The Morgan fingerprint density at radius 1 is 1.33 bits per heavy atom. The Morgan fingerprint density at radius 2 is 2.09 bits per heavy atom. The lowest BCUT2D eigenvalue weighted by Crippen LogP contribution is -2.60. The molecular formula is C21H24IN6O3PS. The molecule has 1 aliphatic heterocycles. The number of aromatic amines is 2. The van der Waals surface area contributed by atoms with Crippen molar-refractivity contribution in [3.8, 4) is 17.2 Å². The lowest BCUT2D eigenvalue weighted by molar-refractivity contribution is 0.326. The molecular weight excluding hydrogens is 574 g/mol. The molecule has 0 saturated carbocycles. The lowest BCUT2D eigenvalue weighted by atomic mass is 10.0. The highest BCUT2D eigenvalue weighted by Crippen LogP contribution is 2.38. The van der Waals surface area contributed by atoms with Crippen LogP contribution in [0.25, 0.3) is 22.2 Å². The molecule has 33 heavy (non-hydrogen) atoms. The fourth-order valence-corrected chi connectivity index (χ4v) is 6.05. The van der Waals surface area contributed by atoms with E-state index in [1.807, 2.05) is 19.1 Å². The normalized spacial score (nSPS) is 19.4. The van der Waals surface area contributed by atoms with Gasteiger partial charge in [0.1, 0.15) is 23.2 Å². The van der Waals surface area contributed by atoms with Crippen molar-refractivity contribution >= 4 is 58.7 Å². The molecule has 4 heterocycles. The number of halogens is 1. The van der Waals surface area contributed by atoms with Gasteiger partial charge in [-0.2, -0.15) is 9.57 Å². The second kappa shape index (κ2) is 8.98. The summed E-state index contributed by atoms with van der Waals surface area (Å²) >= 11 is 2.30. The van der Waals surface area contributed by atoms with E-state index in [-0.39, 0.29) is 20.5 Å². The number of hydrogen-bond donors (Lipinski definition) is 2. The van der Waals surface area contributed by atoms with Crippen molar-refractivity contribution in [2.75, 3.05) is 30.3 Å². The molecule has 0 amide bonds. The second-order valence-electron chi connectivity index (χ2n) is 8.15. The summed E-state index contributed by atoms with van der Waals surface area (Å²) in [4.78, 5) is 24.9. The first-order chi connectivity index (χ1) is 15.5. The van der Waals surface area contributed by atoms with Gasteiger partial charge in [0.25, 0.3) is 0 Å². The summed E-state index contributed by atoms with van der Waals surface area (Å²) < 4.78 is 26.2. The number of alkyl halides is 1. The average Bonchev–Trinajstić information content (AvgIpc) is 3.21. The number of nitriles is 1. The molecule has 1 fully saturated rings. The molecule has 174 valence electrons. The summed E-state index contributed by atoms with van der Waals surface area (Å²) in [6.45, 7) is 4.80. The largest absolute Gasteiger partial charge is 0.351 e. The Morgan fingerprint density at radius 3 is 2.76 bits per heavy atom. The number of nitrogens with one attached hydrogen (secondary N) is 2. The number of H-pyrrole nitrogens is 2. The SMILES string of the molecule is CCS(=O)(=O)N1CCN(c2cc(-c3ccnc4[nH]c(C#N)cc34)cc(=O)[nH]2)C(C(C)(P)I)C1. The van der Waals surface area contributed by atoms with Crippen LogP contribution in [0.15, 0.2) is 35.3 Å². The van der Waals surface area contributed by atoms with Gasteiger partial charge in [0.05, 0.1) is 15.0 Å². The topological polar surface area (TPSA) is 126 Å². The van der Waals surface area contributed by atoms with Crippen LogP contribution >= 0.6 is 31.8 Å². The lowest BCUT2D eigenvalue weighted by Gasteiger charge is -2.46. The highest BCUT2D eigenvalue weighted by atomic mass is 127. The Hall–Kier alpha value is -2.00. The number of sulfonamides is 1. The Bertz CT molecular complexity index is 1410. The molecule has 2 N–H and O–H groups in total. The van der Waals surface area contributed by atoms with E-state index >= 15 is 0 Å². The van der Waals surface area contributed by atoms with E-state index in [0.717, 1.165) is 10.9 Å². The van der Waals surface area contributed by atoms with Gasteiger partial charge in [-0.1, -0.05) is 22.6 Å². The minimum absolute atomic E-state index is 0.0558. The molecule has 3 atom stereocenters. The van der Waals surface area contributed by atoms with Gasteiger partial charge in [-0.25, -0.2) is 13.4 Å². The number of fused-ring (bicyclic) bond motifs is 1. The van der Waals surface area contributed by atoms with Crippen LogP contribution < -0.4 is 10.5 Å². The van der Waals surface area contributed by atoms with Gasteiger partial charge in [0, 0.05) is 37.3 Å². The summed E-state index contributed by atoms with van der Waals surface area (Å²) in [6, 6.07) is 8.87. The molecule has 0 bridgehead atoms. The van der Waals surface area contributed by atoms with Gasteiger partial charge in [-0.15, -0.1) is 9.24 Å². The summed E-state index contributed by atoms with van der Waals surface area (Å²) in [5.41, 5.74) is 2.20. The van der Waals surface area contributed by atoms with Crippen molar-refractivity contribution in [3.63, 3.8) is 0 Å². The molecule has 0 spiro atoms. The maximum absolute atomic E-state index is 12.7. The van der Waals surface area contributed by atoms with E-state index < -0.39 is 10.0 Å². The quantitative estimate of drug-likeness (QED) is 0.264. The van der Waals surface area contributed by atoms with Crippen molar-refractivity contribution in [1.29, 1.82) is 5.26 Å². The first kappa shape index (κ1) is 24.1. The predicted molar refractivity (Wildman–Crippen MR) is 141 cm³/mol. The smallest absolute Gasteiger partial charge is 0.250 e. The van der Waals surface area contributed by atoms with Crippen LogP contribution in [0.1, 0.15) is 19.5 Å². The van der Waals surface area contributed by atoms with Crippen molar-refractivity contribution < 1.29 is 8.42 Å². The molecule has 3 aromatic rings. The molecule has 12 heteroatoms. The minimum atomic E-state index is -3.32. The van der Waals surface area contributed by atoms with E-state index in [9.17, 15) is 18.5 Å². The number of aromatic nitrogens is 3. The third-order valence-corrected chi connectivity index (χ3v) is 8.81. The van der Waals surface area contributed by atoms with E-state index in [0.29, 0.717) is 42.4 Å². The highest BCUT2D eigenvalue weighted by molar-refractivity contribution is 14.1. The summed E-state index contributed by atoms with van der Waals surface area (Å²) in [6.07, 6.45) is 1.64. The summed E-state index contributed by atoms with van der Waals surface area (Å²) in [7, 11) is -0.526. The maximum Gasteiger partial charge on any atom is 0.250 e. The zero-order valence-corrected chi connectivity index (χ0v) is 22.3. The van der Waals surface area contributed by atoms with Crippen LogP contribution in [-0.4, -0.2) is 62.3 Å².